The molecule has 0 spiro atoms. The van der Waals surface area contributed by atoms with Gasteiger partial charge in [0.2, 0.25) is 5.91 Å². The highest BCUT2D eigenvalue weighted by Gasteiger charge is 2.09. The molecule has 0 radical (unpaired) electrons. The summed E-state index contributed by atoms with van der Waals surface area (Å²) >= 11 is 11.6. The standard InChI is InChI=1S/C13H16Cl2N2O4S/c1-22(20,21)7-4-12(18)16-5-6-17-13(19)9-2-3-10(14)11(15)8-9/h2-3,8H,4-7H2,1H3,(H,16,18)(H,17,19). The normalized spacial score (nSPS) is 11.0. The number of amides is 2. The Kier molecular flexibility index (Phi) is 7.12. The summed E-state index contributed by atoms with van der Waals surface area (Å²) in [6.07, 6.45) is 0.970. The van der Waals surface area contributed by atoms with Crippen LogP contribution in [0.1, 0.15) is 16.8 Å². The molecular weight excluding hydrogens is 351 g/mol. The number of hydrogen-bond acceptors (Lipinski definition) is 4. The van der Waals surface area contributed by atoms with Crippen molar-refractivity contribution in [1.29, 1.82) is 0 Å². The number of nitrogens with one attached hydrogen (secondary N) is 2. The zero-order valence-corrected chi connectivity index (χ0v) is 14.2. The van der Waals surface area contributed by atoms with Gasteiger partial charge in [0.15, 0.2) is 0 Å². The van der Waals surface area contributed by atoms with E-state index in [4.69, 9.17) is 23.2 Å². The van der Waals surface area contributed by atoms with Crippen molar-refractivity contribution in [1.82, 2.24) is 10.6 Å². The number of carbonyl (C=O) groups excluding carboxylic acids is 2. The van der Waals surface area contributed by atoms with Crippen molar-refractivity contribution in [3.63, 3.8) is 0 Å². The first-order valence-corrected chi connectivity index (χ1v) is 9.18. The molecule has 0 saturated heterocycles. The number of hydrogen-bond donors (Lipinski definition) is 2. The SMILES string of the molecule is CS(=O)(=O)CCC(=O)NCCNC(=O)c1ccc(Cl)c(Cl)c1. The van der Waals surface area contributed by atoms with Crippen LogP contribution >= 0.6 is 23.2 Å². The fourth-order valence-corrected chi connectivity index (χ4v) is 2.34. The van der Waals surface area contributed by atoms with Crippen molar-refractivity contribution in [3.05, 3.63) is 33.8 Å². The lowest BCUT2D eigenvalue weighted by atomic mass is 10.2. The molecule has 6 nitrogen and oxygen atoms in total. The minimum atomic E-state index is -3.16. The molecule has 0 heterocycles. The van der Waals surface area contributed by atoms with Crippen molar-refractivity contribution >= 4 is 44.9 Å². The quantitative estimate of drug-likeness (QED) is 0.710. The third-order valence-electron chi connectivity index (χ3n) is 2.61. The average molecular weight is 367 g/mol. The van der Waals surface area contributed by atoms with Gasteiger partial charge in [0.05, 0.1) is 15.8 Å². The maximum atomic E-state index is 11.8. The largest absolute Gasteiger partial charge is 0.354 e. The zero-order chi connectivity index (χ0) is 16.8. The highest BCUT2D eigenvalue weighted by atomic mass is 35.5. The van der Waals surface area contributed by atoms with Crippen molar-refractivity contribution < 1.29 is 18.0 Å². The van der Waals surface area contributed by atoms with Gasteiger partial charge >= 0.3 is 0 Å². The van der Waals surface area contributed by atoms with Gasteiger partial charge in [-0.1, -0.05) is 23.2 Å². The van der Waals surface area contributed by atoms with Gasteiger partial charge in [0, 0.05) is 31.3 Å². The lowest BCUT2D eigenvalue weighted by Crippen LogP contribution is -2.35. The first kappa shape index (κ1) is 18.7. The monoisotopic (exact) mass is 366 g/mol. The molecule has 0 unspecified atom stereocenters. The Labute approximate surface area is 139 Å². The van der Waals surface area contributed by atoms with E-state index in [1.165, 1.54) is 18.2 Å². The Morgan fingerprint density at radius 2 is 1.73 bits per heavy atom. The van der Waals surface area contributed by atoms with E-state index in [9.17, 15) is 18.0 Å². The molecule has 0 bridgehead atoms. The molecule has 1 aromatic rings. The smallest absolute Gasteiger partial charge is 0.251 e. The van der Waals surface area contributed by atoms with E-state index in [2.05, 4.69) is 10.6 Å². The molecule has 0 aliphatic rings. The molecule has 0 aliphatic carbocycles. The van der Waals surface area contributed by atoms with Crippen LogP contribution in [0.2, 0.25) is 10.0 Å². The van der Waals surface area contributed by atoms with Crippen molar-refractivity contribution in [3.8, 4) is 0 Å². The summed E-state index contributed by atoms with van der Waals surface area (Å²) in [5.74, 6) is -0.924. The van der Waals surface area contributed by atoms with Crippen LogP contribution in [-0.2, 0) is 14.6 Å². The maximum absolute atomic E-state index is 11.8. The van der Waals surface area contributed by atoms with E-state index in [0.717, 1.165) is 6.26 Å². The van der Waals surface area contributed by atoms with Crippen LogP contribution in [0.5, 0.6) is 0 Å². The van der Waals surface area contributed by atoms with Crippen molar-refractivity contribution in [2.75, 3.05) is 25.1 Å². The van der Waals surface area contributed by atoms with E-state index in [0.29, 0.717) is 10.6 Å². The van der Waals surface area contributed by atoms with Gasteiger partial charge in [-0.3, -0.25) is 9.59 Å². The second kappa shape index (κ2) is 8.36. The highest BCUT2D eigenvalue weighted by molar-refractivity contribution is 7.90. The second-order valence-corrected chi connectivity index (χ2v) is 7.69. The fourth-order valence-electron chi connectivity index (χ4n) is 1.48. The number of carbonyl (C=O) groups is 2. The molecule has 0 saturated carbocycles. The zero-order valence-electron chi connectivity index (χ0n) is 11.9. The Morgan fingerprint density at radius 1 is 1.09 bits per heavy atom. The van der Waals surface area contributed by atoms with E-state index in [-0.39, 0.29) is 42.1 Å². The third kappa shape index (κ3) is 7.11. The summed E-state index contributed by atoms with van der Waals surface area (Å²) in [7, 11) is -3.16. The lowest BCUT2D eigenvalue weighted by Gasteiger charge is -2.07. The molecule has 0 fully saturated rings. The second-order valence-electron chi connectivity index (χ2n) is 4.61. The first-order valence-electron chi connectivity index (χ1n) is 6.37. The minimum absolute atomic E-state index is 0.0976. The molecule has 0 atom stereocenters. The van der Waals surface area contributed by atoms with Crippen molar-refractivity contribution in [2.24, 2.45) is 0 Å². The van der Waals surface area contributed by atoms with Crippen LogP contribution < -0.4 is 10.6 Å². The Balaban J connectivity index is 2.30. The average Bonchev–Trinajstić information content (AvgIpc) is 2.43. The van der Waals surface area contributed by atoms with Crippen LogP contribution in [0, 0.1) is 0 Å². The van der Waals surface area contributed by atoms with Crippen LogP contribution in [-0.4, -0.2) is 45.3 Å². The molecule has 122 valence electrons. The third-order valence-corrected chi connectivity index (χ3v) is 4.30. The number of benzene rings is 1. The van der Waals surface area contributed by atoms with Crippen LogP contribution in [0.15, 0.2) is 18.2 Å². The first-order chi connectivity index (χ1) is 10.2. The molecule has 1 aromatic carbocycles. The summed E-state index contributed by atoms with van der Waals surface area (Å²) in [4.78, 5) is 23.2. The molecule has 2 amide bonds. The van der Waals surface area contributed by atoms with Gasteiger partial charge in [0.1, 0.15) is 9.84 Å². The molecule has 1 rings (SSSR count). The van der Waals surface area contributed by atoms with E-state index in [1.807, 2.05) is 0 Å². The lowest BCUT2D eigenvalue weighted by molar-refractivity contribution is -0.120. The minimum Gasteiger partial charge on any atom is -0.354 e. The Hall–Kier alpha value is -1.31. The predicted octanol–water partition coefficient (Wildman–Crippen LogP) is 1.27. The van der Waals surface area contributed by atoms with E-state index < -0.39 is 9.84 Å². The maximum Gasteiger partial charge on any atom is 0.251 e. The number of halogens is 2. The fraction of sp³-hybridized carbons (Fsp3) is 0.385. The van der Waals surface area contributed by atoms with Gasteiger partial charge in [-0.2, -0.15) is 0 Å². The van der Waals surface area contributed by atoms with Crippen molar-refractivity contribution in [2.45, 2.75) is 6.42 Å². The molecular formula is C13H16Cl2N2O4S. The Morgan fingerprint density at radius 3 is 2.32 bits per heavy atom. The van der Waals surface area contributed by atoms with Crippen LogP contribution in [0.25, 0.3) is 0 Å². The van der Waals surface area contributed by atoms with Crippen LogP contribution in [0.4, 0.5) is 0 Å². The van der Waals surface area contributed by atoms with E-state index >= 15 is 0 Å². The highest BCUT2D eigenvalue weighted by Crippen LogP contribution is 2.22. The summed E-state index contributed by atoms with van der Waals surface area (Å²) < 4.78 is 21.8. The molecule has 2 N–H and O–H groups in total. The van der Waals surface area contributed by atoms with Gasteiger partial charge in [0.25, 0.3) is 5.91 Å². The molecule has 0 aliphatic heterocycles. The molecule has 22 heavy (non-hydrogen) atoms. The molecule has 9 heteroatoms. The molecule has 0 aromatic heterocycles. The topological polar surface area (TPSA) is 92.3 Å². The predicted molar refractivity (Wildman–Crippen MR) is 86.1 cm³/mol. The van der Waals surface area contributed by atoms with Crippen LogP contribution in [0.3, 0.4) is 0 Å². The van der Waals surface area contributed by atoms with Gasteiger partial charge < -0.3 is 10.6 Å². The summed E-state index contributed by atoms with van der Waals surface area (Å²) in [5.41, 5.74) is 0.359. The van der Waals surface area contributed by atoms with Gasteiger partial charge in [-0.15, -0.1) is 0 Å². The number of sulfone groups is 1. The summed E-state index contributed by atoms with van der Waals surface area (Å²) in [5, 5.41) is 5.76. The van der Waals surface area contributed by atoms with Gasteiger partial charge in [-0.05, 0) is 18.2 Å². The van der Waals surface area contributed by atoms with E-state index in [1.54, 1.807) is 0 Å². The Bertz CT molecular complexity index is 662. The summed E-state index contributed by atoms with van der Waals surface area (Å²) in [6, 6.07) is 4.50. The number of rotatable bonds is 7. The van der Waals surface area contributed by atoms with Gasteiger partial charge in [-0.25, -0.2) is 8.42 Å². The summed E-state index contributed by atoms with van der Waals surface area (Å²) in [6.45, 7) is 0.416.